The van der Waals surface area contributed by atoms with Crippen LogP contribution in [0.2, 0.25) is 0 Å². The van der Waals surface area contributed by atoms with Crippen LogP contribution in [-0.2, 0) is 4.43 Å². The third-order valence-corrected chi connectivity index (χ3v) is 2.94. The fourth-order valence-electron chi connectivity index (χ4n) is 0.809. The molecule has 0 atom stereocenters. The first-order valence-electron chi connectivity index (χ1n) is 3.05. The van der Waals surface area contributed by atoms with Gasteiger partial charge in [0.05, 0.1) is 0 Å². The van der Waals surface area contributed by atoms with Gasteiger partial charge in [-0.25, -0.2) is 0 Å². The molecule has 0 radical (unpaired) electrons. The predicted molar refractivity (Wildman–Crippen MR) is 61.6 cm³/mol. The zero-order valence-corrected chi connectivity index (χ0v) is 10.0. The van der Waals surface area contributed by atoms with E-state index >= 15 is 0 Å². The van der Waals surface area contributed by atoms with Gasteiger partial charge in [0.1, 0.15) is 0 Å². The van der Waals surface area contributed by atoms with Crippen LogP contribution in [0.25, 0.3) is 0 Å². The largest absolute Gasteiger partial charge is 0.0812 e. The van der Waals surface area contributed by atoms with E-state index in [9.17, 15) is 0 Å². The van der Waals surface area contributed by atoms with Gasteiger partial charge in [0.25, 0.3) is 0 Å². The Labute approximate surface area is 88.7 Å². The first-order chi connectivity index (χ1) is 4.74. The van der Waals surface area contributed by atoms with Crippen molar-refractivity contribution in [3.63, 3.8) is 0 Å². The summed E-state index contributed by atoms with van der Waals surface area (Å²) in [6.45, 7) is 2.16. The molecule has 10 heavy (non-hydrogen) atoms. The van der Waals surface area contributed by atoms with E-state index in [1.165, 1.54) is 14.7 Å². The number of hydrogen-bond donors (Lipinski definition) is 0. The highest BCUT2D eigenvalue weighted by atomic mass is 127. The molecular weight excluding hydrogens is 350 g/mol. The third kappa shape index (κ3) is 2.08. The number of alkyl halides is 1. The molecule has 0 aromatic heterocycles. The summed E-state index contributed by atoms with van der Waals surface area (Å²) >= 11 is 4.72. The molecule has 1 aromatic rings. The molecule has 0 unspecified atom stereocenters. The number of benzene rings is 1. The zero-order valence-electron chi connectivity index (χ0n) is 5.70. The minimum Gasteiger partial charge on any atom is -0.0812 e. The van der Waals surface area contributed by atoms with Crippen molar-refractivity contribution in [3.05, 3.63) is 32.9 Å². The van der Waals surface area contributed by atoms with Crippen LogP contribution in [-0.4, -0.2) is 0 Å². The Balaban J connectivity index is 3.07. The molecule has 0 amide bonds. The number of rotatable bonds is 1. The number of aryl methyl sites for hydroxylation is 1. The molecule has 0 spiro atoms. The molecule has 0 saturated carbocycles. The monoisotopic (exact) mass is 358 g/mol. The predicted octanol–water partition coefficient (Wildman–Crippen LogP) is 3.53. The first-order valence-corrected chi connectivity index (χ1v) is 5.65. The van der Waals surface area contributed by atoms with Crippen molar-refractivity contribution in [1.29, 1.82) is 0 Å². The molecule has 0 aliphatic heterocycles. The van der Waals surface area contributed by atoms with Gasteiger partial charge in [0, 0.05) is 8.00 Å². The van der Waals surface area contributed by atoms with Gasteiger partial charge in [0.15, 0.2) is 0 Å². The van der Waals surface area contributed by atoms with E-state index in [1.54, 1.807) is 0 Å². The molecule has 2 heteroatoms. The van der Waals surface area contributed by atoms with Crippen molar-refractivity contribution in [2.24, 2.45) is 0 Å². The van der Waals surface area contributed by atoms with Crippen LogP contribution in [0.5, 0.6) is 0 Å². The summed E-state index contributed by atoms with van der Waals surface area (Å²) in [4.78, 5) is 0. The van der Waals surface area contributed by atoms with Gasteiger partial charge in [-0.1, -0.05) is 28.7 Å². The molecule has 54 valence electrons. The Kier molecular flexibility index (Phi) is 3.42. The van der Waals surface area contributed by atoms with E-state index in [0.29, 0.717) is 0 Å². The van der Waals surface area contributed by atoms with Crippen LogP contribution >= 0.6 is 45.2 Å². The highest BCUT2D eigenvalue weighted by Crippen LogP contribution is 2.15. The van der Waals surface area contributed by atoms with Gasteiger partial charge in [-0.15, -0.1) is 0 Å². The van der Waals surface area contributed by atoms with E-state index < -0.39 is 0 Å². The highest BCUT2D eigenvalue weighted by Gasteiger charge is 1.94. The Hall–Kier alpha value is 0.680. The summed E-state index contributed by atoms with van der Waals surface area (Å²) < 4.78 is 2.43. The summed E-state index contributed by atoms with van der Waals surface area (Å²) in [5.74, 6) is 0. The Bertz CT molecular complexity index is 231. The molecule has 0 aliphatic rings. The fraction of sp³-hybridized carbons (Fsp3) is 0.250. The average molecular weight is 358 g/mol. The smallest absolute Gasteiger partial charge is 0.0249 e. The summed E-state index contributed by atoms with van der Waals surface area (Å²) in [7, 11) is 0. The summed E-state index contributed by atoms with van der Waals surface area (Å²) in [5.41, 5.74) is 2.85. The second kappa shape index (κ2) is 3.90. The molecule has 0 saturated heterocycles. The van der Waals surface area contributed by atoms with Crippen molar-refractivity contribution in [1.82, 2.24) is 0 Å². The summed E-state index contributed by atoms with van der Waals surface area (Å²) in [5, 5.41) is 0. The second-order valence-electron chi connectivity index (χ2n) is 2.20. The number of halogens is 2. The van der Waals surface area contributed by atoms with Crippen molar-refractivity contribution < 1.29 is 0 Å². The van der Waals surface area contributed by atoms with E-state index in [0.717, 1.165) is 4.43 Å². The Morgan fingerprint density at radius 3 is 2.60 bits per heavy atom. The summed E-state index contributed by atoms with van der Waals surface area (Å²) in [6.07, 6.45) is 0. The normalized spacial score (nSPS) is 9.90. The molecule has 0 heterocycles. The second-order valence-corrected chi connectivity index (χ2v) is 4.21. The van der Waals surface area contributed by atoms with Crippen LogP contribution in [0.15, 0.2) is 18.2 Å². The lowest BCUT2D eigenvalue weighted by molar-refractivity contribution is 1.32. The minimum absolute atomic E-state index is 1.11. The molecule has 0 aliphatic carbocycles. The Morgan fingerprint density at radius 1 is 1.40 bits per heavy atom. The van der Waals surface area contributed by atoms with Crippen LogP contribution in [0, 0.1) is 10.5 Å². The van der Waals surface area contributed by atoms with Crippen molar-refractivity contribution in [3.8, 4) is 0 Å². The third-order valence-electron chi connectivity index (χ3n) is 1.45. The van der Waals surface area contributed by atoms with Crippen LogP contribution in [0.4, 0.5) is 0 Å². The molecule has 1 aromatic carbocycles. The lowest BCUT2D eigenvalue weighted by Crippen LogP contribution is -1.83. The first kappa shape index (κ1) is 8.77. The van der Waals surface area contributed by atoms with Crippen LogP contribution in [0.1, 0.15) is 11.1 Å². The molecular formula is C8H8I2. The number of hydrogen-bond acceptors (Lipinski definition) is 0. The molecule has 0 nitrogen and oxygen atoms in total. The van der Waals surface area contributed by atoms with Gasteiger partial charge in [-0.3, -0.25) is 0 Å². The fourth-order valence-corrected chi connectivity index (χ4v) is 2.31. The molecule has 1 rings (SSSR count). The maximum Gasteiger partial charge on any atom is 0.0249 e. The van der Waals surface area contributed by atoms with Crippen molar-refractivity contribution >= 4 is 45.2 Å². The van der Waals surface area contributed by atoms with Gasteiger partial charge in [-0.05, 0) is 52.8 Å². The van der Waals surface area contributed by atoms with Gasteiger partial charge >= 0.3 is 0 Å². The van der Waals surface area contributed by atoms with Crippen LogP contribution in [0.3, 0.4) is 0 Å². The average Bonchev–Trinajstić information content (AvgIpc) is 1.88. The molecule has 0 bridgehead atoms. The maximum absolute atomic E-state index is 2.39. The minimum atomic E-state index is 1.11. The van der Waals surface area contributed by atoms with E-state index in [4.69, 9.17) is 0 Å². The maximum atomic E-state index is 2.39. The van der Waals surface area contributed by atoms with Gasteiger partial charge < -0.3 is 0 Å². The quantitative estimate of drug-likeness (QED) is 0.532. The standard InChI is InChI=1S/C8H8I2/c1-6-4-8(10)3-2-7(6)5-9/h2-4H,5H2,1H3. The van der Waals surface area contributed by atoms with Gasteiger partial charge in [-0.2, -0.15) is 0 Å². The summed E-state index contributed by atoms with van der Waals surface area (Å²) in [6, 6.07) is 6.57. The molecule has 0 N–H and O–H groups in total. The lowest BCUT2D eigenvalue weighted by atomic mass is 10.1. The van der Waals surface area contributed by atoms with Crippen molar-refractivity contribution in [2.75, 3.05) is 0 Å². The Morgan fingerprint density at radius 2 is 2.10 bits per heavy atom. The lowest BCUT2D eigenvalue weighted by Gasteiger charge is -2.00. The van der Waals surface area contributed by atoms with E-state index in [2.05, 4.69) is 70.3 Å². The SMILES string of the molecule is Cc1cc(I)ccc1CI. The van der Waals surface area contributed by atoms with E-state index in [1.807, 2.05) is 0 Å². The zero-order chi connectivity index (χ0) is 7.56. The topological polar surface area (TPSA) is 0 Å². The van der Waals surface area contributed by atoms with E-state index in [-0.39, 0.29) is 0 Å². The van der Waals surface area contributed by atoms with Crippen molar-refractivity contribution in [2.45, 2.75) is 11.4 Å². The van der Waals surface area contributed by atoms with Crippen LogP contribution < -0.4 is 0 Å². The molecule has 0 fully saturated rings. The highest BCUT2D eigenvalue weighted by molar-refractivity contribution is 14.1. The van der Waals surface area contributed by atoms with Gasteiger partial charge in [0.2, 0.25) is 0 Å².